The molecular weight excluding hydrogens is 192 g/mol. The molecule has 0 N–H and O–H groups in total. The van der Waals surface area contributed by atoms with Crippen LogP contribution in [0.2, 0.25) is 0 Å². The van der Waals surface area contributed by atoms with Gasteiger partial charge in [0.25, 0.3) is 0 Å². The average Bonchev–Trinajstić information content (AvgIpc) is 2.30. The Balaban J connectivity index is 2.20. The van der Waals surface area contributed by atoms with Crippen LogP contribution in [0.25, 0.3) is 0 Å². The van der Waals surface area contributed by atoms with Crippen LogP contribution in [-0.4, -0.2) is 32.2 Å². The molecule has 0 aliphatic heterocycles. The molecule has 1 aromatic carbocycles. The first kappa shape index (κ1) is 11.9. The molecule has 0 unspecified atom stereocenters. The van der Waals surface area contributed by atoms with Crippen molar-refractivity contribution in [1.82, 2.24) is 0 Å². The van der Waals surface area contributed by atoms with E-state index in [2.05, 4.69) is 0 Å². The van der Waals surface area contributed by atoms with E-state index < -0.39 is 0 Å². The maximum Gasteiger partial charge on any atom is 0.188 e. The molecule has 0 heterocycles. The highest BCUT2D eigenvalue weighted by Crippen LogP contribution is 1.99. The Labute approximate surface area is 90.0 Å². The van der Waals surface area contributed by atoms with Crippen LogP contribution < -0.4 is 0 Å². The van der Waals surface area contributed by atoms with Gasteiger partial charge in [-0.1, -0.05) is 30.3 Å². The van der Waals surface area contributed by atoms with E-state index >= 15 is 0 Å². The Hall–Kier alpha value is -1.19. The molecule has 3 heteroatoms. The third-order valence-electron chi connectivity index (χ3n) is 1.91. The van der Waals surface area contributed by atoms with Crippen molar-refractivity contribution >= 4 is 5.78 Å². The van der Waals surface area contributed by atoms with E-state index in [0.717, 1.165) is 0 Å². The summed E-state index contributed by atoms with van der Waals surface area (Å²) in [6.07, 6.45) is 0. The highest BCUT2D eigenvalue weighted by atomic mass is 16.5. The summed E-state index contributed by atoms with van der Waals surface area (Å²) in [6, 6.07) is 9.13. The standard InChI is InChI=1S/C12H16O3/c1-2-14-8-9-15-10-12(13)11-6-4-3-5-7-11/h3-7H,2,8-10H2,1H3. The smallest absolute Gasteiger partial charge is 0.188 e. The van der Waals surface area contributed by atoms with Gasteiger partial charge in [0, 0.05) is 12.2 Å². The molecule has 1 rings (SSSR count). The zero-order chi connectivity index (χ0) is 10.9. The maximum atomic E-state index is 11.5. The normalized spacial score (nSPS) is 10.2. The lowest BCUT2D eigenvalue weighted by Gasteiger charge is -2.03. The quantitative estimate of drug-likeness (QED) is 0.507. The molecule has 3 nitrogen and oxygen atoms in total. The van der Waals surface area contributed by atoms with Gasteiger partial charge in [-0.25, -0.2) is 0 Å². The lowest BCUT2D eigenvalue weighted by molar-refractivity contribution is 0.0475. The molecule has 0 atom stereocenters. The number of ether oxygens (including phenoxy) is 2. The summed E-state index contributed by atoms with van der Waals surface area (Å²) in [6.45, 7) is 3.73. The molecule has 0 amide bonds. The number of carbonyl (C=O) groups excluding carboxylic acids is 1. The molecule has 0 saturated carbocycles. The van der Waals surface area contributed by atoms with Crippen LogP contribution in [0.4, 0.5) is 0 Å². The molecule has 15 heavy (non-hydrogen) atoms. The lowest BCUT2D eigenvalue weighted by Crippen LogP contribution is -2.12. The Morgan fingerprint density at radius 2 is 1.80 bits per heavy atom. The SMILES string of the molecule is CCOCCOCC(=O)c1ccccc1. The van der Waals surface area contributed by atoms with Crippen molar-refractivity contribution in [3.8, 4) is 0 Å². The summed E-state index contributed by atoms with van der Waals surface area (Å²) in [4.78, 5) is 11.5. The Bertz CT molecular complexity index is 282. The van der Waals surface area contributed by atoms with Gasteiger partial charge >= 0.3 is 0 Å². The van der Waals surface area contributed by atoms with Crippen LogP contribution in [-0.2, 0) is 9.47 Å². The van der Waals surface area contributed by atoms with Gasteiger partial charge in [-0.3, -0.25) is 4.79 Å². The van der Waals surface area contributed by atoms with E-state index in [1.165, 1.54) is 0 Å². The second kappa shape index (κ2) is 7.15. The van der Waals surface area contributed by atoms with E-state index in [1.54, 1.807) is 12.1 Å². The molecule has 1 aromatic rings. The van der Waals surface area contributed by atoms with Crippen LogP contribution >= 0.6 is 0 Å². The second-order valence-corrected chi connectivity index (χ2v) is 3.04. The van der Waals surface area contributed by atoms with E-state index in [1.807, 2.05) is 25.1 Å². The second-order valence-electron chi connectivity index (χ2n) is 3.04. The fourth-order valence-corrected chi connectivity index (χ4v) is 1.13. The zero-order valence-corrected chi connectivity index (χ0v) is 8.94. The molecule has 0 bridgehead atoms. The van der Waals surface area contributed by atoms with Crippen LogP contribution in [0.15, 0.2) is 30.3 Å². The minimum absolute atomic E-state index is 0.00657. The number of hydrogen-bond donors (Lipinski definition) is 0. The molecule has 0 fully saturated rings. The minimum Gasteiger partial charge on any atom is -0.379 e. The Kier molecular flexibility index (Phi) is 5.66. The van der Waals surface area contributed by atoms with E-state index in [9.17, 15) is 4.79 Å². The summed E-state index contributed by atoms with van der Waals surface area (Å²) in [5.41, 5.74) is 0.689. The van der Waals surface area contributed by atoms with Gasteiger partial charge in [-0.05, 0) is 6.92 Å². The average molecular weight is 208 g/mol. The fourth-order valence-electron chi connectivity index (χ4n) is 1.13. The van der Waals surface area contributed by atoms with E-state index in [0.29, 0.717) is 25.4 Å². The molecule has 0 aliphatic carbocycles. The van der Waals surface area contributed by atoms with Crippen molar-refractivity contribution in [3.63, 3.8) is 0 Å². The van der Waals surface area contributed by atoms with Crippen molar-refractivity contribution in [1.29, 1.82) is 0 Å². The number of hydrogen-bond acceptors (Lipinski definition) is 3. The van der Waals surface area contributed by atoms with Gasteiger partial charge in [0.15, 0.2) is 5.78 Å². The van der Waals surface area contributed by atoms with E-state index in [4.69, 9.17) is 9.47 Å². The van der Waals surface area contributed by atoms with Crippen molar-refractivity contribution in [2.24, 2.45) is 0 Å². The van der Waals surface area contributed by atoms with Crippen molar-refractivity contribution in [3.05, 3.63) is 35.9 Å². The number of benzene rings is 1. The van der Waals surface area contributed by atoms with Crippen molar-refractivity contribution < 1.29 is 14.3 Å². The van der Waals surface area contributed by atoms with Crippen molar-refractivity contribution in [2.75, 3.05) is 26.4 Å². The lowest BCUT2D eigenvalue weighted by atomic mass is 10.1. The summed E-state index contributed by atoms with van der Waals surface area (Å²) >= 11 is 0. The van der Waals surface area contributed by atoms with Crippen LogP contribution in [0.5, 0.6) is 0 Å². The van der Waals surface area contributed by atoms with Gasteiger partial charge < -0.3 is 9.47 Å². The largest absolute Gasteiger partial charge is 0.379 e. The highest BCUT2D eigenvalue weighted by molar-refractivity contribution is 5.96. The molecular formula is C12H16O3. The molecule has 0 aliphatic rings. The predicted octanol–water partition coefficient (Wildman–Crippen LogP) is 1.92. The molecule has 0 spiro atoms. The van der Waals surface area contributed by atoms with Gasteiger partial charge in [-0.15, -0.1) is 0 Å². The van der Waals surface area contributed by atoms with E-state index in [-0.39, 0.29) is 12.4 Å². The first-order valence-electron chi connectivity index (χ1n) is 5.08. The third kappa shape index (κ3) is 4.72. The highest BCUT2D eigenvalue weighted by Gasteiger charge is 2.03. The predicted molar refractivity (Wildman–Crippen MR) is 58.1 cm³/mol. The first-order chi connectivity index (χ1) is 7.34. The van der Waals surface area contributed by atoms with Crippen LogP contribution in [0.1, 0.15) is 17.3 Å². The summed E-state index contributed by atoms with van der Waals surface area (Å²) in [5, 5.41) is 0. The summed E-state index contributed by atoms with van der Waals surface area (Å²) in [5.74, 6) is 0.00657. The maximum absolute atomic E-state index is 11.5. The van der Waals surface area contributed by atoms with Crippen LogP contribution in [0.3, 0.4) is 0 Å². The topological polar surface area (TPSA) is 35.5 Å². The summed E-state index contributed by atoms with van der Waals surface area (Å²) in [7, 11) is 0. The van der Waals surface area contributed by atoms with Crippen molar-refractivity contribution in [2.45, 2.75) is 6.92 Å². The van der Waals surface area contributed by atoms with Gasteiger partial charge in [0.1, 0.15) is 6.61 Å². The van der Waals surface area contributed by atoms with Gasteiger partial charge in [0.05, 0.1) is 13.2 Å². The third-order valence-corrected chi connectivity index (χ3v) is 1.91. The zero-order valence-electron chi connectivity index (χ0n) is 8.94. The molecule has 0 saturated heterocycles. The van der Waals surface area contributed by atoms with Gasteiger partial charge in [-0.2, -0.15) is 0 Å². The minimum atomic E-state index is 0.00657. The number of Topliss-reactive ketones (excluding diaryl/α,β-unsaturated/α-hetero) is 1. The molecule has 0 aromatic heterocycles. The molecule has 82 valence electrons. The van der Waals surface area contributed by atoms with Crippen LogP contribution in [0, 0.1) is 0 Å². The Morgan fingerprint density at radius 3 is 2.47 bits per heavy atom. The number of carbonyl (C=O) groups is 1. The fraction of sp³-hybridized carbons (Fsp3) is 0.417. The number of rotatable bonds is 7. The number of ketones is 1. The first-order valence-corrected chi connectivity index (χ1v) is 5.08. The van der Waals surface area contributed by atoms with Gasteiger partial charge in [0.2, 0.25) is 0 Å². The monoisotopic (exact) mass is 208 g/mol. The molecule has 0 radical (unpaired) electrons. The Morgan fingerprint density at radius 1 is 1.13 bits per heavy atom. The summed E-state index contributed by atoms with van der Waals surface area (Å²) < 4.78 is 10.3.